The minimum Gasteiger partial charge on any atom is -0.444 e. The maximum atomic E-state index is 14.0. The largest absolute Gasteiger partial charge is 0.444 e. The summed E-state index contributed by atoms with van der Waals surface area (Å²) in [4.78, 5) is 36.8. The number of nitrogens with one attached hydrogen (secondary N) is 1. The van der Waals surface area contributed by atoms with E-state index in [4.69, 9.17) is 14.2 Å². The van der Waals surface area contributed by atoms with E-state index in [1.54, 1.807) is 16.0 Å². The van der Waals surface area contributed by atoms with Crippen LogP contribution in [0.3, 0.4) is 0 Å². The van der Waals surface area contributed by atoms with Gasteiger partial charge in [0.1, 0.15) is 17.5 Å². The molecule has 2 saturated heterocycles. The van der Waals surface area contributed by atoms with E-state index in [2.05, 4.69) is 27.3 Å². The summed E-state index contributed by atoms with van der Waals surface area (Å²) in [7, 11) is 0. The molecule has 0 aliphatic carbocycles. The van der Waals surface area contributed by atoms with Crippen LogP contribution in [-0.4, -0.2) is 79.6 Å². The van der Waals surface area contributed by atoms with Crippen LogP contribution >= 0.6 is 0 Å². The second-order valence-electron chi connectivity index (χ2n) is 10.5. The van der Waals surface area contributed by atoms with E-state index in [-0.39, 0.29) is 18.6 Å². The third-order valence-corrected chi connectivity index (χ3v) is 6.66. The molecule has 0 saturated carbocycles. The highest BCUT2D eigenvalue weighted by Crippen LogP contribution is 2.38. The molecular formula is C27H35N5O5. The van der Waals surface area contributed by atoms with Gasteiger partial charge in [-0.25, -0.2) is 9.78 Å². The molecule has 1 atom stereocenters. The lowest BCUT2D eigenvalue weighted by atomic mass is 10.1. The number of hydrogen-bond acceptors (Lipinski definition) is 8. The van der Waals surface area contributed by atoms with Gasteiger partial charge in [0.15, 0.2) is 0 Å². The van der Waals surface area contributed by atoms with Crippen molar-refractivity contribution in [3.05, 3.63) is 42.1 Å². The molecule has 0 bridgehead atoms. The molecule has 10 nitrogen and oxygen atoms in total. The van der Waals surface area contributed by atoms with E-state index in [0.29, 0.717) is 39.3 Å². The Hall–Kier alpha value is -3.37. The first-order valence-electron chi connectivity index (χ1n) is 12.9. The first-order chi connectivity index (χ1) is 17.8. The number of carbonyl (C=O) groups is 2. The summed E-state index contributed by atoms with van der Waals surface area (Å²) in [6.07, 6.45) is 1.07. The lowest BCUT2D eigenvalue weighted by molar-refractivity contribution is -0.129. The second-order valence-corrected chi connectivity index (χ2v) is 10.5. The van der Waals surface area contributed by atoms with Crippen molar-refractivity contribution in [1.29, 1.82) is 0 Å². The van der Waals surface area contributed by atoms with Gasteiger partial charge in [0.05, 0.1) is 37.7 Å². The Kier molecular flexibility index (Phi) is 7.21. The molecule has 37 heavy (non-hydrogen) atoms. The van der Waals surface area contributed by atoms with Gasteiger partial charge in [-0.3, -0.25) is 4.79 Å². The number of morpholine rings is 1. The van der Waals surface area contributed by atoms with Crippen LogP contribution in [0.5, 0.6) is 0 Å². The number of amides is 2. The average Bonchev–Trinajstić information content (AvgIpc) is 3.23. The molecule has 1 N–H and O–H groups in total. The highest BCUT2D eigenvalue weighted by atomic mass is 16.6. The summed E-state index contributed by atoms with van der Waals surface area (Å²) in [5.74, 6) is 0.598. The van der Waals surface area contributed by atoms with Gasteiger partial charge in [-0.05, 0) is 45.0 Å². The van der Waals surface area contributed by atoms with Crippen molar-refractivity contribution >= 4 is 34.9 Å². The summed E-state index contributed by atoms with van der Waals surface area (Å²) in [5, 5.41) is 3.42. The molecule has 3 aliphatic rings. The van der Waals surface area contributed by atoms with Gasteiger partial charge >= 0.3 is 6.09 Å². The van der Waals surface area contributed by atoms with Gasteiger partial charge in [0.25, 0.3) is 5.91 Å². The fourth-order valence-electron chi connectivity index (χ4n) is 4.78. The molecule has 0 spiro atoms. The third kappa shape index (κ3) is 5.80. The standard InChI is InChI=1S/C27H35N5O5/c1-27(2,3)37-26(34)31-10-8-23(36-16-13-31)25(33)32-18-19-5-4-9-28-24(19)29-21-7-6-20(17-22(21)32)30-11-14-35-15-12-30/h4-7,9,17,23H,8,10-16,18H2,1-3H3,(H,28,29). The number of hydrogen-bond donors (Lipinski definition) is 1. The van der Waals surface area contributed by atoms with E-state index >= 15 is 0 Å². The van der Waals surface area contributed by atoms with Gasteiger partial charge in [0, 0.05) is 50.0 Å². The summed E-state index contributed by atoms with van der Waals surface area (Å²) in [6.45, 7) is 9.87. The summed E-state index contributed by atoms with van der Waals surface area (Å²) < 4.78 is 17.1. The highest BCUT2D eigenvalue weighted by molar-refractivity contribution is 6.01. The lowest BCUT2D eigenvalue weighted by Crippen LogP contribution is -2.41. The summed E-state index contributed by atoms with van der Waals surface area (Å²) in [6, 6.07) is 9.97. The maximum absolute atomic E-state index is 14.0. The van der Waals surface area contributed by atoms with Crippen molar-refractivity contribution in [2.24, 2.45) is 0 Å². The Balaban J connectivity index is 1.40. The number of ether oxygens (including phenoxy) is 3. The van der Waals surface area contributed by atoms with E-state index in [9.17, 15) is 9.59 Å². The summed E-state index contributed by atoms with van der Waals surface area (Å²) in [5.41, 5.74) is 2.97. The van der Waals surface area contributed by atoms with E-state index < -0.39 is 11.7 Å². The molecule has 1 aromatic carbocycles. The number of aromatic nitrogens is 1. The van der Waals surface area contributed by atoms with Gasteiger partial charge in [-0.1, -0.05) is 6.07 Å². The number of anilines is 4. The quantitative estimate of drug-likeness (QED) is 0.657. The zero-order chi connectivity index (χ0) is 26.0. The Morgan fingerprint density at radius 2 is 1.89 bits per heavy atom. The van der Waals surface area contributed by atoms with Gasteiger partial charge in [-0.2, -0.15) is 0 Å². The fourth-order valence-corrected chi connectivity index (χ4v) is 4.78. The zero-order valence-electron chi connectivity index (χ0n) is 21.7. The van der Waals surface area contributed by atoms with Crippen LogP contribution in [0.4, 0.5) is 27.7 Å². The van der Waals surface area contributed by atoms with Crippen molar-refractivity contribution < 1.29 is 23.8 Å². The third-order valence-electron chi connectivity index (χ3n) is 6.66. The second kappa shape index (κ2) is 10.5. The molecule has 198 valence electrons. The SMILES string of the molecule is CC(C)(C)OC(=O)N1CCOC(C(=O)N2Cc3cccnc3Nc3ccc(N4CCOCC4)cc32)CC1. The van der Waals surface area contributed by atoms with E-state index in [0.717, 1.165) is 41.5 Å². The Morgan fingerprint density at radius 3 is 2.68 bits per heavy atom. The van der Waals surface area contributed by atoms with Crippen LogP contribution in [0.1, 0.15) is 32.8 Å². The number of fused-ring (bicyclic) bond motifs is 2. The molecule has 2 amide bonds. The van der Waals surface area contributed by atoms with Crippen LogP contribution in [-0.2, 0) is 25.5 Å². The van der Waals surface area contributed by atoms with Crippen LogP contribution in [0.25, 0.3) is 0 Å². The first-order valence-corrected chi connectivity index (χ1v) is 12.9. The molecule has 3 aliphatic heterocycles. The lowest BCUT2D eigenvalue weighted by Gasteiger charge is -2.31. The topological polar surface area (TPSA) is 96.5 Å². The van der Waals surface area contributed by atoms with Crippen LogP contribution in [0.15, 0.2) is 36.5 Å². The Morgan fingerprint density at radius 1 is 1.08 bits per heavy atom. The zero-order valence-corrected chi connectivity index (χ0v) is 21.7. The predicted molar refractivity (Wildman–Crippen MR) is 140 cm³/mol. The van der Waals surface area contributed by atoms with Crippen molar-refractivity contribution in [2.45, 2.75) is 45.4 Å². The smallest absolute Gasteiger partial charge is 0.410 e. The van der Waals surface area contributed by atoms with Gasteiger partial charge in [-0.15, -0.1) is 0 Å². The maximum Gasteiger partial charge on any atom is 0.410 e. The molecule has 5 rings (SSSR count). The highest BCUT2D eigenvalue weighted by Gasteiger charge is 2.34. The Bertz CT molecular complexity index is 1140. The molecule has 1 unspecified atom stereocenters. The monoisotopic (exact) mass is 509 g/mol. The van der Waals surface area contributed by atoms with Crippen molar-refractivity contribution in [1.82, 2.24) is 9.88 Å². The molecule has 2 fully saturated rings. The minimum atomic E-state index is -0.675. The fraction of sp³-hybridized carbons (Fsp3) is 0.519. The molecular weight excluding hydrogens is 474 g/mol. The number of carbonyl (C=O) groups excluding carboxylic acids is 2. The molecule has 10 heteroatoms. The van der Waals surface area contributed by atoms with Crippen LogP contribution in [0, 0.1) is 0 Å². The predicted octanol–water partition coefficient (Wildman–Crippen LogP) is 3.53. The number of rotatable bonds is 2. The normalized spacial score (nSPS) is 20.2. The number of benzene rings is 1. The van der Waals surface area contributed by atoms with E-state index in [1.807, 2.05) is 39.0 Å². The van der Waals surface area contributed by atoms with Gasteiger partial charge < -0.3 is 34.2 Å². The molecule has 0 radical (unpaired) electrons. The average molecular weight is 510 g/mol. The van der Waals surface area contributed by atoms with E-state index in [1.165, 1.54) is 0 Å². The number of pyridine rings is 1. The van der Waals surface area contributed by atoms with Crippen molar-refractivity contribution in [3.63, 3.8) is 0 Å². The van der Waals surface area contributed by atoms with Crippen LogP contribution < -0.4 is 15.1 Å². The van der Waals surface area contributed by atoms with Crippen molar-refractivity contribution in [3.8, 4) is 0 Å². The molecule has 2 aromatic rings. The Labute approximate surface area is 217 Å². The summed E-state index contributed by atoms with van der Waals surface area (Å²) >= 11 is 0. The van der Waals surface area contributed by atoms with Gasteiger partial charge in [0.2, 0.25) is 0 Å². The molecule has 4 heterocycles. The molecule has 1 aromatic heterocycles. The van der Waals surface area contributed by atoms with Crippen LogP contribution in [0.2, 0.25) is 0 Å². The minimum absolute atomic E-state index is 0.134. The first kappa shape index (κ1) is 25.3. The number of nitrogens with zero attached hydrogens (tertiary/aromatic N) is 4. The van der Waals surface area contributed by atoms with Crippen molar-refractivity contribution in [2.75, 3.05) is 61.1 Å².